The summed E-state index contributed by atoms with van der Waals surface area (Å²) in [5.41, 5.74) is 4.22. The van der Waals surface area contributed by atoms with Gasteiger partial charge in [-0.25, -0.2) is 0 Å². The van der Waals surface area contributed by atoms with Crippen molar-refractivity contribution in [3.8, 4) is 5.75 Å². The predicted octanol–water partition coefficient (Wildman–Crippen LogP) is 2.99. The van der Waals surface area contributed by atoms with Crippen molar-refractivity contribution in [2.75, 3.05) is 43.0 Å². The van der Waals surface area contributed by atoms with Crippen LogP contribution >= 0.6 is 0 Å². The summed E-state index contributed by atoms with van der Waals surface area (Å²) in [7, 11) is 0. The van der Waals surface area contributed by atoms with Gasteiger partial charge in [0.25, 0.3) is 0 Å². The molecule has 28 heavy (non-hydrogen) atoms. The van der Waals surface area contributed by atoms with Gasteiger partial charge in [0, 0.05) is 31.9 Å². The number of hydrogen-bond acceptors (Lipinski definition) is 4. The van der Waals surface area contributed by atoms with Crippen molar-refractivity contribution in [2.24, 2.45) is 0 Å². The van der Waals surface area contributed by atoms with Crippen LogP contribution in [0.2, 0.25) is 0 Å². The standard InChI is InChI=1S/C22H27N3O3/c1-4-28-20-11-6-5-9-18(20)23-21(26)22(27)25-14-12-24(13-15-25)19-10-7-8-16(2)17(19)3/h5-11H,4,12-15H2,1-3H3,(H,23,26). The van der Waals surface area contributed by atoms with Gasteiger partial charge in [0.05, 0.1) is 12.3 Å². The van der Waals surface area contributed by atoms with E-state index in [9.17, 15) is 9.59 Å². The molecule has 0 atom stereocenters. The fraction of sp³-hybridized carbons (Fsp3) is 0.364. The molecule has 0 radical (unpaired) electrons. The lowest BCUT2D eigenvalue weighted by molar-refractivity contribution is -0.143. The molecule has 0 bridgehead atoms. The number of rotatable bonds is 4. The first-order valence-electron chi connectivity index (χ1n) is 9.64. The van der Waals surface area contributed by atoms with Crippen LogP contribution in [0.3, 0.4) is 0 Å². The van der Waals surface area contributed by atoms with Crippen LogP contribution in [0.25, 0.3) is 0 Å². The number of carbonyl (C=O) groups is 2. The Kier molecular flexibility index (Phi) is 6.19. The Labute approximate surface area is 166 Å². The van der Waals surface area contributed by atoms with E-state index in [4.69, 9.17) is 4.74 Å². The molecule has 1 N–H and O–H groups in total. The Hall–Kier alpha value is -3.02. The molecule has 6 heteroatoms. The number of carbonyl (C=O) groups excluding carboxylic acids is 2. The van der Waals surface area contributed by atoms with Gasteiger partial charge in [0.1, 0.15) is 5.75 Å². The van der Waals surface area contributed by atoms with Crippen molar-refractivity contribution in [3.63, 3.8) is 0 Å². The van der Waals surface area contributed by atoms with Gasteiger partial charge >= 0.3 is 11.8 Å². The highest BCUT2D eigenvalue weighted by atomic mass is 16.5. The second-order valence-corrected chi connectivity index (χ2v) is 6.88. The second-order valence-electron chi connectivity index (χ2n) is 6.88. The minimum atomic E-state index is -0.632. The van der Waals surface area contributed by atoms with Gasteiger partial charge in [0.2, 0.25) is 0 Å². The van der Waals surface area contributed by atoms with Crippen LogP contribution in [-0.4, -0.2) is 49.5 Å². The van der Waals surface area contributed by atoms with Crippen LogP contribution in [0.15, 0.2) is 42.5 Å². The zero-order chi connectivity index (χ0) is 20.1. The van der Waals surface area contributed by atoms with E-state index < -0.39 is 11.8 Å². The van der Waals surface area contributed by atoms with E-state index in [0.29, 0.717) is 44.2 Å². The number of hydrogen-bond donors (Lipinski definition) is 1. The summed E-state index contributed by atoms with van der Waals surface area (Å²) >= 11 is 0. The molecule has 2 aromatic rings. The summed E-state index contributed by atoms with van der Waals surface area (Å²) in [5.74, 6) is -0.579. The molecule has 0 spiro atoms. The summed E-state index contributed by atoms with van der Waals surface area (Å²) in [6, 6.07) is 13.4. The second kappa shape index (κ2) is 8.78. The fourth-order valence-electron chi connectivity index (χ4n) is 3.40. The van der Waals surface area contributed by atoms with Gasteiger partial charge < -0.3 is 19.9 Å². The minimum Gasteiger partial charge on any atom is -0.492 e. The number of aryl methyl sites for hydroxylation is 1. The summed E-state index contributed by atoms with van der Waals surface area (Å²) in [6.45, 7) is 9.03. The number of nitrogens with one attached hydrogen (secondary N) is 1. The summed E-state index contributed by atoms with van der Waals surface area (Å²) < 4.78 is 5.50. The molecule has 1 aliphatic rings. The highest BCUT2D eigenvalue weighted by Gasteiger charge is 2.27. The summed E-state index contributed by atoms with van der Waals surface area (Å²) in [4.78, 5) is 28.9. The number of anilines is 2. The van der Waals surface area contributed by atoms with Gasteiger partial charge in [-0.15, -0.1) is 0 Å². The van der Waals surface area contributed by atoms with Crippen LogP contribution < -0.4 is 15.0 Å². The molecule has 0 saturated carbocycles. The topological polar surface area (TPSA) is 61.9 Å². The highest BCUT2D eigenvalue weighted by Crippen LogP contribution is 2.25. The molecule has 3 rings (SSSR count). The van der Waals surface area contributed by atoms with Crippen LogP contribution in [0.5, 0.6) is 5.75 Å². The van der Waals surface area contributed by atoms with E-state index in [2.05, 4.69) is 42.3 Å². The number of para-hydroxylation sites is 2. The van der Waals surface area contributed by atoms with E-state index in [-0.39, 0.29) is 0 Å². The maximum atomic E-state index is 12.6. The van der Waals surface area contributed by atoms with Gasteiger partial charge in [-0.05, 0) is 50.1 Å². The summed E-state index contributed by atoms with van der Waals surface area (Å²) in [5, 5.41) is 2.68. The average Bonchev–Trinajstić information content (AvgIpc) is 2.71. The van der Waals surface area contributed by atoms with Gasteiger partial charge in [-0.1, -0.05) is 24.3 Å². The Morgan fingerprint density at radius 2 is 1.71 bits per heavy atom. The maximum absolute atomic E-state index is 12.6. The van der Waals surface area contributed by atoms with Gasteiger partial charge in [0.15, 0.2) is 0 Å². The zero-order valence-electron chi connectivity index (χ0n) is 16.7. The van der Waals surface area contributed by atoms with Crippen LogP contribution in [0, 0.1) is 13.8 Å². The molecule has 0 aliphatic carbocycles. The summed E-state index contributed by atoms with van der Waals surface area (Å²) in [6.07, 6.45) is 0. The first-order chi connectivity index (χ1) is 13.5. The molecule has 1 aliphatic heterocycles. The van der Waals surface area contributed by atoms with E-state index in [0.717, 1.165) is 0 Å². The monoisotopic (exact) mass is 381 g/mol. The SMILES string of the molecule is CCOc1ccccc1NC(=O)C(=O)N1CCN(c2cccc(C)c2C)CC1. The van der Waals surface area contributed by atoms with E-state index in [1.165, 1.54) is 16.8 Å². The van der Waals surface area contributed by atoms with E-state index >= 15 is 0 Å². The van der Waals surface area contributed by atoms with Crippen molar-refractivity contribution in [1.82, 2.24) is 4.90 Å². The average molecular weight is 381 g/mol. The molecule has 2 amide bonds. The third kappa shape index (κ3) is 4.27. The maximum Gasteiger partial charge on any atom is 0.314 e. The normalized spacial score (nSPS) is 14.0. The van der Waals surface area contributed by atoms with Crippen LogP contribution in [-0.2, 0) is 9.59 Å². The van der Waals surface area contributed by atoms with E-state index in [1.54, 1.807) is 23.1 Å². The third-order valence-corrected chi connectivity index (χ3v) is 5.11. The van der Waals surface area contributed by atoms with Crippen molar-refractivity contribution in [2.45, 2.75) is 20.8 Å². The number of nitrogens with zero attached hydrogens (tertiary/aromatic N) is 2. The zero-order valence-corrected chi connectivity index (χ0v) is 16.7. The molecule has 1 saturated heterocycles. The molecular weight excluding hydrogens is 354 g/mol. The lowest BCUT2D eigenvalue weighted by Crippen LogP contribution is -2.51. The Morgan fingerprint density at radius 3 is 2.43 bits per heavy atom. The Bertz CT molecular complexity index is 858. The van der Waals surface area contributed by atoms with Crippen LogP contribution in [0.1, 0.15) is 18.1 Å². The molecule has 2 aromatic carbocycles. The highest BCUT2D eigenvalue weighted by molar-refractivity contribution is 6.39. The number of piperazine rings is 1. The number of benzene rings is 2. The first-order valence-corrected chi connectivity index (χ1v) is 9.64. The largest absolute Gasteiger partial charge is 0.492 e. The quantitative estimate of drug-likeness (QED) is 0.827. The molecule has 1 heterocycles. The fourth-order valence-corrected chi connectivity index (χ4v) is 3.40. The van der Waals surface area contributed by atoms with Crippen molar-refractivity contribution >= 4 is 23.2 Å². The third-order valence-electron chi connectivity index (χ3n) is 5.11. The van der Waals surface area contributed by atoms with E-state index in [1.807, 2.05) is 13.0 Å². The molecule has 0 unspecified atom stereocenters. The number of ether oxygens (including phenoxy) is 1. The lowest BCUT2D eigenvalue weighted by Gasteiger charge is -2.36. The molecule has 1 fully saturated rings. The van der Waals surface area contributed by atoms with Crippen molar-refractivity contribution in [1.29, 1.82) is 0 Å². The smallest absolute Gasteiger partial charge is 0.314 e. The molecule has 6 nitrogen and oxygen atoms in total. The lowest BCUT2D eigenvalue weighted by atomic mass is 10.1. The Balaban J connectivity index is 1.61. The van der Waals surface area contributed by atoms with Gasteiger partial charge in [-0.3, -0.25) is 9.59 Å². The van der Waals surface area contributed by atoms with Gasteiger partial charge in [-0.2, -0.15) is 0 Å². The van der Waals surface area contributed by atoms with Crippen molar-refractivity contribution in [3.05, 3.63) is 53.6 Å². The minimum absolute atomic E-state index is 0.487. The number of amides is 2. The predicted molar refractivity (Wildman–Crippen MR) is 111 cm³/mol. The molecule has 0 aromatic heterocycles. The Morgan fingerprint density at radius 1 is 1.00 bits per heavy atom. The van der Waals surface area contributed by atoms with Crippen LogP contribution in [0.4, 0.5) is 11.4 Å². The van der Waals surface area contributed by atoms with Crippen molar-refractivity contribution < 1.29 is 14.3 Å². The molecular formula is C22H27N3O3. The molecule has 148 valence electrons. The first kappa shape index (κ1) is 19.7.